The number of thiazole rings is 1. The molecule has 11 heavy (non-hydrogen) atoms. The molecule has 1 aromatic heterocycles. The van der Waals surface area contributed by atoms with Gasteiger partial charge in [-0.2, -0.15) is 5.26 Å². The first-order valence-electron chi connectivity index (χ1n) is 3.15. The van der Waals surface area contributed by atoms with Crippen LogP contribution in [0.25, 0.3) is 0 Å². The minimum absolute atomic E-state index is 0.423. The number of ether oxygens (including phenoxy) is 1. The summed E-state index contributed by atoms with van der Waals surface area (Å²) < 4.78 is 4.92. The maximum absolute atomic E-state index is 8.41. The largest absolute Gasteiger partial charge is 0.473 e. The summed E-state index contributed by atoms with van der Waals surface area (Å²) in [6, 6.07) is 2.08. The van der Waals surface area contributed by atoms with Gasteiger partial charge in [0.15, 0.2) is 0 Å². The smallest absolute Gasteiger partial charge is 0.273 e. The average Bonchev–Trinajstić information content (AvgIpc) is 2.33. The lowest BCUT2D eigenvalue weighted by atomic mass is 10.3. The van der Waals surface area contributed by atoms with Crippen LogP contribution in [0.5, 0.6) is 5.19 Å². The molecule has 0 radical (unpaired) electrons. The number of aromatic nitrogens is 1. The van der Waals surface area contributed by atoms with Gasteiger partial charge in [-0.25, -0.2) is 4.98 Å². The van der Waals surface area contributed by atoms with Gasteiger partial charge in [0.25, 0.3) is 5.19 Å². The van der Waals surface area contributed by atoms with E-state index in [0.29, 0.717) is 11.6 Å². The zero-order chi connectivity index (χ0) is 8.27. The van der Waals surface area contributed by atoms with Crippen LogP contribution in [0.4, 0.5) is 0 Å². The van der Waals surface area contributed by atoms with Crippen molar-refractivity contribution in [1.29, 1.82) is 5.26 Å². The standard InChI is InChI=1S/C7H8N2OS/c1-5-6(3-4-8)11-7(9-5)10-2/h3H2,1-2H3. The molecule has 1 heterocycles. The van der Waals surface area contributed by atoms with E-state index in [-0.39, 0.29) is 0 Å². The minimum atomic E-state index is 0.423. The first kappa shape index (κ1) is 8.02. The van der Waals surface area contributed by atoms with Crippen molar-refractivity contribution < 1.29 is 4.74 Å². The van der Waals surface area contributed by atoms with Crippen LogP contribution in [-0.2, 0) is 6.42 Å². The van der Waals surface area contributed by atoms with Gasteiger partial charge in [0.2, 0.25) is 0 Å². The molecule has 0 unspecified atom stereocenters. The highest BCUT2D eigenvalue weighted by Gasteiger charge is 2.05. The molecule has 0 aromatic carbocycles. The van der Waals surface area contributed by atoms with Crippen LogP contribution >= 0.6 is 11.3 Å². The molecule has 1 rings (SSSR count). The van der Waals surface area contributed by atoms with E-state index in [1.807, 2.05) is 6.92 Å². The van der Waals surface area contributed by atoms with Crippen molar-refractivity contribution in [2.45, 2.75) is 13.3 Å². The molecule has 0 N–H and O–H groups in total. The first-order chi connectivity index (χ1) is 5.27. The Kier molecular flexibility index (Phi) is 2.44. The molecule has 1 aromatic rings. The van der Waals surface area contributed by atoms with Crippen LogP contribution in [0.15, 0.2) is 0 Å². The normalized spacial score (nSPS) is 9.18. The monoisotopic (exact) mass is 168 g/mol. The number of methoxy groups -OCH3 is 1. The zero-order valence-electron chi connectivity index (χ0n) is 6.42. The van der Waals surface area contributed by atoms with Crippen LogP contribution in [0.3, 0.4) is 0 Å². The Morgan fingerprint density at radius 3 is 2.91 bits per heavy atom. The van der Waals surface area contributed by atoms with Gasteiger partial charge in [0, 0.05) is 4.88 Å². The van der Waals surface area contributed by atoms with Crippen molar-refractivity contribution in [3.63, 3.8) is 0 Å². The molecular weight excluding hydrogens is 160 g/mol. The van der Waals surface area contributed by atoms with Crippen molar-refractivity contribution in [1.82, 2.24) is 4.98 Å². The summed E-state index contributed by atoms with van der Waals surface area (Å²) in [5.74, 6) is 0. The molecule has 0 fully saturated rings. The number of nitriles is 1. The average molecular weight is 168 g/mol. The molecule has 0 spiro atoms. The third-order valence-corrected chi connectivity index (χ3v) is 2.41. The Bertz CT molecular complexity index is 287. The van der Waals surface area contributed by atoms with Gasteiger partial charge in [-0.05, 0) is 6.92 Å². The highest BCUT2D eigenvalue weighted by atomic mass is 32.1. The maximum Gasteiger partial charge on any atom is 0.273 e. The van der Waals surface area contributed by atoms with Crippen LogP contribution in [0.1, 0.15) is 10.6 Å². The van der Waals surface area contributed by atoms with E-state index >= 15 is 0 Å². The molecule has 0 bridgehead atoms. The predicted octanol–water partition coefficient (Wildman–Crippen LogP) is 1.53. The van der Waals surface area contributed by atoms with E-state index in [0.717, 1.165) is 10.6 Å². The second-order valence-electron chi connectivity index (χ2n) is 2.03. The lowest BCUT2D eigenvalue weighted by molar-refractivity contribution is 0.411. The van der Waals surface area contributed by atoms with Crippen molar-refractivity contribution in [3.05, 3.63) is 10.6 Å². The van der Waals surface area contributed by atoms with Gasteiger partial charge in [0.05, 0.1) is 25.3 Å². The van der Waals surface area contributed by atoms with Crippen LogP contribution in [0.2, 0.25) is 0 Å². The fraction of sp³-hybridized carbons (Fsp3) is 0.429. The van der Waals surface area contributed by atoms with E-state index in [2.05, 4.69) is 11.1 Å². The minimum Gasteiger partial charge on any atom is -0.473 e. The molecule has 0 atom stereocenters. The van der Waals surface area contributed by atoms with E-state index in [9.17, 15) is 0 Å². The molecule has 0 aliphatic carbocycles. The zero-order valence-corrected chi connectivity index (χ0v) is 7.23. The fourth-order valence-corrected chi connectivity index (χ4v) is 1.53. The van der Waals surface area contributed by atoms with E-state index in [1.165, 1.54) is 11.3 Å². The van der Waals surface area contributed by atoms with Gasteiger partial charge in [-0.1, -0.05) is 11.3 Å². The molecule has 0 saturated carbocycles. The van der Waals surface area contributed by atoms with Crippen LogP contribution < -0.4 is 4.74 Å². The molecular formula is C7H8N2OS. The Balaban J connectivity index is 2.90. The van der Waals surface area contributed by atoms with E-state index < -0.39 is 0 Å². The molecule has 0 amide bonds. The first-order valence-corrected chi connectivity index (χ1v) is 3.97. The van der Waals surface area contributed by atoms with E-state index in [4.69, 9.17) is 10.00 Å². The summed E-state index contributed by atoms with van der Waals surface area (Å²) in [6.45, 7) is 1.88. The van der Waals surface area contributed by atoms with Crippen molar-refractivity contribution in [2.75, 3.05) is 7.11 Å². The maximum atomic E-state index is 8.41. The van der Waals surface area contributed by atoms with Gasteiger partial charge < -0.3 is 4.74 Å². The van der Waals surface area contributed by atoms with Gasteiger partial charge in [-0.3, -0.25) is 0 Å². The van der Waals surface area contributed by atoms with Gasteiger partial charge in [-0.15, -0.1) is 0 Å². The Hall–Kier alpha value is -1.08. The topological polar surface area (TPSA) is 45.9 Å². The van der Waals surface area contributed by atoms with Gasteiger partial charge >= 0.3 is 0 Å². The number of aryl methyl sites for hydroxylation is 1. The highest BCUT2D eigenvalue weighted by molar-refractivity contribution is 7.13. The summed E-state index contributed by atoms with van der Waals surface area (Å²) in [7, 11) is 1.58. The number of nitrogens with zero attached hydrogens (tertiary/aromatic N) is 2. The molecule has 0 aliphatic rings. The third kappa shape index (κ3) is 1.69. The second-order valence-corrected chi connectivity index (χ2v) is 3.07. The van der Waals surface area contributed by atoms with Crippen LogP contribution in [-0.4, -0.2) is 12.1 Å². The molecule has 3 nitrogen and oxygen atoms in total. The summed E-state index contributed by atoms with van der Waals surface area (Å²) in [5.41, 5.74) is 0.897. The highest BCUT2D eigenvalue weighted by Crippen LogP contribution is 2.23. The lowest BCUT2D eigenvalue weighted by Crippen LogP contribution is -1.81. The Morgan fingerprint density at radius 2 is 2.45 bits per heavy atom. The Labute approximate surface area is 69.3 Å². The summed E-state index contributed by atoms with van der Waals surface area (Å²) >= 11 is 1.43. The quantitative estimate of drug-likeness (QED) is 0.672. The second kappa shape index (κ2) is 3.35. The summed E-state index contributed by atoms with van der Waals surface area (Å²) in [4.78, 5) is 5.08. The molecule has 58 valence electrons. The fourth-order valence-electron chi connectivity index (χ4n) is 0.724. The Morgan fingerprint density at radius 1 is 1.73 bits per heavy atom. The SMILES string of the molecule is COc1nc(C)c(CC#N)s1. The number of rotatable bonds is 2. The summed E-state index contributed by atoms with van der Waals surface area (Å²) in [6.07, 6.45) is 0.423. The summed E-state index contributed by atoms with van der Waals surface area (Å²) in [5, 5.41) is 9.05. The molecule has 4 heteroatoms. The molecule has 0 aliphatic heterocycles. The lowest BCUT2D eigenvalue weighted by Gasteiger charge is -1.85. The molecule has 0 saturated heterocycles. The van der Waals surface area contributed by atoms with E-state index in [1.54, 1.807) is 7.11 Å². The third-order valence-electron chi connectivity index (χ3n) is 1.29. The van der Waals surface area contributed by atoms with Crippen LogP contribution in [0, 0.1) is 18.3 Å². The van der Waals surface area contributed by atoms with Gasteiger partial charge in [0.1, 0.15) is 0 Å². The number of hydrogen-bond acceptors (Lipinski definition) is 4. The van der Waals surface area contributed by atoms with Crippen molar-refractivity contribution >= 4 is 11.3 Å². The van der Waals surface area contributed by atoms with Crippen molar-refractivity contribution in [3.8, 4) is 11.3 Å². The predicted molar refractivity (Wildman–Crippen MR) is 42.7 cm³/mol. The van der Waals surface area contributed by atoms with Crippen molar-refractivity contribution in [2.24, 2.45) is 0 Å². The number of hydrogen-bond donors (Lipinski definition) is 0.